The molecule has 1 aliphatic heterocycles. The number of carbonyl (C=O) groups excluding carboxylic acids is 2. The minimum absolute atomic E-state index is 0.0793. The third-order valence-corrected chi connectivity index (χ3v) is 5.06. The molecule has 0 spiro atoms. The number of para-hydroxylation sites is 2. The second kappa shape index (κ2) is 7.86. The maximum atomic E-state index is 12.9. The van der Waals surface area contributed by atoms with E-state index in [9.17, 15) is 9.59 Å². The molecule has 2 heterocycles. The number of fused-ring (bicyclic) bond motifs is 1. The fourth-order valence-corrected chi connectivity index (χ4v) is 3.65. The fraction of sp³-hybridized carbons (Fsp3) is 0.273. The van der Waals surface area contributed by atoms with Crippen molar-refractivity contribution in [1.29, 1.82) is 0 Å². The van der Waals surface area contributed by atoms with E-state index in [-0.39, 0.29) is 18.2 Å². The molecule has 1 aliphatic rings. The molecule has 1 aromatic heterocycles. The molecule has 0 atom stereocenters. The van der Waals surface area contributed by atoms with E-state index < -0.39 is 0 Å². The Hall–Kier alpha value is -3.12. The Kier molecular flexibility index (Phi) is 5.12. The topological polar surface area (TPSA) is 63.6 Å². The van der Waals surface area contributed by atoms with Crippen LogP contribution in [0.3, 0.4) is 0 Å². The first-order valence-electron chi connectivity index (χ1n) is 9.42. The molecule has 4 rings (SSSR count). The predicted octanol–water partition coefficient (Wildman–Crippen LogP) is 2.83. The Morgan fingerprint density at radius 2 is 1.75 bits per heavy atom. The smallest absolute Gasteiger partial charge is 0.256 e. The van der Waals surface area contributed by atoms with Crippen LogP contribution in [0.4, 0.5) is 5.69 Å². The molecule has 0 aliphatic carbocycles. The van der Waals surface area contributed by atoms with Gasteiger partial charge in [0.25, 0.3) is 5.91 Å². The summed E-state index contributed by atoms with van der Waals surface area (Å²) in [5.74, 6) is -0.219. The van der Waals surface area contributed by atoms with Gasteiger partial charge in [0.2, 0.25) is 5.91 Å². The van der Waals surface area contributed by atoms with Crippen molar-refractivity contribution in [2.75, 3.05) is 31.6 Å². The third-order valence-electron chi connectivity index (χ3n) is 5.06. The second-order valence-electron chi connectivity index (χ2n) is 6.96. The zero-order chi connectivity index (χ0) is 19.5. The van der Waals surface area contributed by atoms with Gasteiger partial charge in [-0.2, -0.15) is 0 Å². The molecule has 1 saturated heterocycles. The number of anilines is 1. The molecule has 2 aromatic carbocycles. The van der Waals surface area contributed by atoms with Gasteiger partial charge in [-0.15, -0.1) is 0 Å². The van der Waals surface area contributed by atoms with Crippen LogP contribution in [0.15, 0.2) is 54.7 Å². The standard InChI is InChI=1S/C22H23N3O3/c1-24-15-16(17-6-3-5-9-20(17)24)14-21(26)23-19-8-4-2-7-18(19)22(27)25-10-12-28-13-11-25/h2-9,15H,10-14H2,1H3,(H,23,26). The van der Waals surface area contributed by atoms with Crippen LogP contribution >= 0.6 is 0 Å². The van der Waals surface area contributed by atoms with E-state index in [0.717, 1.165) is 16.5 Å². The van der Waals surface area contributed by atoms with Gasteiger partial charge in [-0.1, -0.05) is 30.3 Å². The van der Waals surface area contributed by atoms with E-state index in [0.29, 0.717) is 37.6 Å². The zero-order valence-corrected chi connectivity index (χ0v) is 15.9. The van der Waals surface area contributed by atoms with E-state index >= 15 is 0 Å². The number of ether oxygens (including phenoxy) is 1. The monoisotopic (exact) mass is 377 g/mol. The van der Waals surface area contributed by atoms with Crippen LogP contribution in [0.2, 0.25) is 0 Å². The number of benzene rings is 2. The number of aryl methyl sites for hydroxylation is 1. The lowest BCUT2D eigenvalue weighted by atomic mass is 10.1. The molecule has 1 N–H and O–H groups in total. The highest BCUT2D eigenvalue weighted by Gasteiger charge is 2.21. The van der Waals surface area contributed by atoms with Gasteiger partial charge in [0.1, 0.15) is 0 Å². The van der Waals surface area contributed by atoms with E-state index in [1.807, 2.05) is 54.2 Å². The van der Waals surface area contributed by atoms with Crippen LogP contribution in [0.25, 0.3) is 10.9 Å². The van der Waals surface area contributed by atoms with Crippen LogP contribution in [0.5, 0.6) is 0 Å². The first-order chi connectivity index (χ1) is 13.6. The van der Waals surface area contributed by atoms with Gasteiger partial charge in [0.05, 0.1) is 30.9 Å². The summed E-state index contributed by atoms with van der Waals surface area (Å²) in [6.07, 6.45) is 2.23. The van der Waals surface area contributed by atoms with Gasteiger partial charge in [-0.05, 0) is 23.8 Å². The van der Waals surface area contributed by atoms with Gasteiger partial charge < -0.3 is 19.5 Å². The number of nitrogens with one attached hydrogen (secondary N) is 1. The highest BCUT2D eigenvalue weighted by molar-refractivity contribution is 6.04. The number of hydrogen-bond acceptors (Lipinski definition) is 3. The number of rotatable bonds is 4. The average molecular weight is 377 g/mol. The van der Waals surface area contributed by atoms with Crippen LogP contribution in [0, 0.1) is 0 Å². The Labute approximate surface area is 163 Å². The van der Waals surface area contributed by atoms with Crippen molar-refractivity contribution < 1.29 is 14.3 Å². The summed E-state index contributed by atoms with van der Waals surface area (Å²) in [5.41, 5.74) is 3.11. The zero-order valence-electron chi connectivity index (χ0n) is 15.9. The molecule has 6 nitrogen and oxygen atoms in total. The van der Waals surface area contributed by atoms with Crippen molar-refractivity contribution in [1.82, 2.24) is 9.47 Å². The lowest BCUT2D eigenvalue weighted by Gasteiger charge is -2.27. The SMILES string of the molecule is Cn1cc(CC(=O)Nc2ccccc2C(=O)N2CCOCC2)c2ccccc21. The highest BCUT2D eigenvalue weighted by Crippen LogP contribution is 2.22. The normalized spacial score (nSPS) is 14.2. The summed E-state index contributed by atoms with van der Waals surface area (Å²) < 4.78 is 7.34. The minimum Gasteiger partial charge on any atom is -0.378 e. The van der Waals surface area contributed by atoms with Crippen LogP contribution in [-0.4, -0.2) is 47.6 Å². The van der Waals surface area contributed by atoms with Gasteiger partial charge >= 0.3 is 0 Å². The quantitative estimate of drug-likeness (QED) is 0.760. The Bertz CT molecular complexity index is 1020. The van der Waals surface area contributed by atoms with Crippen LogP contribution in [0.1, 0.15) is 15.9 Å². The lowest BCUT2D eigenvalue weighted by molar-refractivity contribution is -0.115. The molecule has 0 unspecified atom stereocenters. The second-order valence-corrected chi connectivity index (χ2v) is 6.96. The molecule has 3 aromatic rings. The van der Waals surface area contributed by atoms with Gasteiger partial charge in [-0.3, -0.25) is 9.59 Å². The maximum Gasteiger partial charge on any atom is 0.256 e. The number of nitrogens with zero attached hydrogens (tertiary/aromatic N) is 2. The molecule has 0 saturated carbocycles. The number of carbonyl (C=O) groups is 2. The summed E-state index contributed by atoms with van der Waals surface area (Å²) >= 11 is 0. The van der Waals surface area contributed by atoms with Crippen molar-refractivity contribution >= 4 is 28.4 Å². The highest BCUT2D eigenvalue weighted by atomic mass is 16.5. The third kappa shape index (κ3) is 3.64. The number of morpholine rings is 1. The summed E-state index contributed by atoms with van der Waals surface area (Å²) in [7, 11) is 1.97. The molecular weight excluding hydrogens is 354 g/mol. The summed E-state index contributed by atoms with van der Waals surface area (Å²) in [6, 6.07) is 15.2. The Morgan fingerprint density at radius 1 is 1.04 bits per heavy atom. The van der Waals surface area contributed by atoms with Gasteiger partial charge in [0.15, 0.2) is 0 Å². The van der Waals surface area contributed by atoms with Crippen molar-refractivity contribution in [3.8, 4) is 0 Å². The summed E-state index contributed by atoms with van der Waals surface area (Å²) in [6.45, 7) is 2.22. The molecular formula is C22H23N3O3. The summed E-state index contributed by atoms with van der Waals surface area (Å²) in [4.78, 5) is 27.3. The van der Waals surface area contributed by atoms with E-state index in [2.05, 4.69) is 5.32 Å². The van der Waals surface area contributed by atoms with Gasteiger partial charge in [0, 0.05) is 37.2 Å². The van der Waals surface area contributed by atoms with Crippen molar-refractivity contribution in [3.05, 3.63) is 65.9 Å². The molecule has 6 heteroatoms. The van der Waals surface area contributed by atoms with Crippen molar-refractivity contribution in [2.24, 2.45) is 7.05 Å². The molecule has 1 fully saturated rings. The van der Waals surface area contributed by atoms with E-state index in [4.69, 9.17) is 4.74 Å². The van der Waals surface area contributed by atoms with Crippen molar-refractivity contribution in [3.63, 3.8) is 0 Å². The van der Waals surface area contributed by atoms with E-state index in [1.54, 1.807) is 17.0 Å². The molecule has 0 radical (unpaired) electrons. The van der Waals surface area contributed by atoms with Crippen molar-refractivity contribution in [2.45, 2.75) is 6.42 Å². The number of amides is 2. The van der Waals surface area contributed by atoms with Crippen LogP contribution in [-0.2, 0) is 23.0 Å². The molecule has 144 valence electrons. The Morgan fingerprint density at radius 3 is 2.57 bits per heavy atom. The Balaban J connectivity index is 1.52. The number of hydrogen-bond donors (Lipinski definition) is 1. The maximum absolute atomic E-state index is 12.9. The molecule has 0 bridgehead atoms. The van der Waals surface area contributed by atoms with Crippen LogP contribution < -0.4 is 5.32 Å². The lowest BCUT2D eigenvalue weighted by Crippen LogP contribution is -2.41. The van der Waals surface area contributed by atoms with Gasteiger partial charge in [-0.25, -0.2) is 0 Å². The minimum atomic E-state index is -0.140. The van der Waals surface area contributed by atoms with E-state index in [1.165, 1.54) is 0 Å². The first-order valence-corrected chi connectivity index (χ1v) is 9.42. The average Bonchev–Trinajstić information content (AvgIpc) is 3.04. The molecule has 28 heavy (non-hydrogen) atoms. The number of aromatic nitrogens is 1. The molecule has 2 amide bonds. The largest absolute Gasteiger partial charge is 0.378 e. The fourth-order valence-electron chi connectivity index (χ4n) is 3.65. The predicted molar refractivity (Wildman–Crippen MR) is 108 cm³/mol. The first kappa shape index (κ1) is 18.3. The summed E-state index contributed by atoms with van der Waals surface area (Å²) in [5, 5.41) is 3.99.